The molecule has 0 N–H and O–H groups in total. The predicted octanol–water partition coefficient (Wildman–Crippen LogP) is 6.11. The summed E-state index contributed by atoms with van der Waals surface area (Å²) in [6.07, 6.45) is 12.3. The van der Waals surface area contributed by atoms with Gasteiger partial charge in [0, 0.05) is 25.7 Å². The van der Waals surface area contributed by atoms with Crippen LogP contribution < -0.4 is 0 Å². The van der Waals surface area contributed by atoms with Crippen molar-refractivity contribution in [2.45, 2.75) is 98.5 Å². The molecule has 3 heteroatoms. The fraction of sp³-hybridized carbons (Fsp3) is 0.846. The summed E-state index contributed by atoms with van der Waals surface area (Å²) in [5, 5.41) is 0. The van der Waals surface area contributed by atoms with Crippen molar-refractivity contribution in [1.29, 1.82) is 0 Å². The van der Waals surface area contributed by atoms with E-state index >= 15 is 0 Å². The quantitative estimate of drug-likeness (QED) is 0.422. The third kappa shape index (κ3) is 3.22. The van der Waals surface area contributed by atoms with Crippen LogP contribution in [0.4, 0.5) is 0 Å². The molecule has 162 valence electrons. The van der Waals surface area contributed by atoms with Gasteiger partial charge in [-0.15, -0.1) is 0 Å². The highest BCUT2D eigenvalue weighted by Gasteiger charge is 2.61. The van der Waals surface area contributed by atoms with Gasteiger partial charge < -0.3 is 4.74 Å². The lowest BCUT2D eigenvalue weighted by atomic mass is 9.47. The van der Waals surface area contributed by atoms with E-state index in [0.717, 1.165) is 43.9 Å². The number of rotatable bonds is 4. The highest BCUT2D eigenvalue weighted by atomic mass is 16.5. The normalized spacial score (nSPS) is 46.2. The molecule has 8 atom stereocenters. The van der Waals surface area contributed by atoms with E-state index in [2.05, 4.69) is 33.8 Å². The van der Waals surface area contributed by atoms with Crippen molar-refractivity contribution >= 4 is 11.8 Å². The molecule has 0 aromatic carbocycles. The van der Waals surface area contributed by atoms with Crippen LogP contribution in [0.3, 0.4) is 0 Å². The maximum absolute atomic E-state index is 13.0. The number of allylic oxidation sites excluding steroid dienone is 1. The van der Waals surface area contributed by atoms with Gasteiger partial charge in [-0.05, 0) is 73.0 Å². The van der Waals surface area contributed by atoms with Crippen LogP contribution in [0.15, 0.2) is 11.6 Å². The van der Waals surface area contributed by atoms with Crippen molar-refractivity contribution in [3.8, 4) is 0 Å². The number of hydrogen-bond donors (Lipinski definition) is 0. The molecule has 0 aromatic rings. The number of esters is 1. The molecule has 4 aliphatic rings. The second-order valence-corrected chi connectivity index (χ2v) is 11.0. The van der Waals surface area contributed by atoms with Gasteiger partial charge >= 0.3 is 5.97 Å². The van der Waals surface area contributed by atoms with Crippen molar-refractivity contribution in [2.24, 2.45) is 40.4 Å². The van der Waals surface area contributed by atoms with Gasteiger partial charge in [0.2, 0.25) is 0 Å². The molecule has 3 saturated carbocycles. The Hall–Kier alpha value is -1.12. The van der Waals surface area contributed by atoms with Crippen molar-refractivity contribution in [3.63, 3.8) is 0 Å². The van der Waals surface area contributed by atoms with Gasteiger partial charge in [-0.3, -0.25) is 9.59 Å². The van der Waals surface area contributed by atoms with Gasteiger partial charge in [0.05, 0.1) is 0 Å². The molecule has 4 rings (SSSR count). The summed E-state index contributed by atoms with van der Waals surface area (Å²) in [5.41, 5.74) is 2.01. The molecule has 0 radical (unpaired) electrons. The van der Waals surface area contributed by atoms with Crippen molar-refractivity contribution < 1.29 is 14.3 Å². The number of hydrogen-bond acceptors (Lipinski definition) is 3. The van der Waals surface area contributed by atoms with E-state index in [1.807, 2.05) is 0 Å². The van der Waals surface area contributed by atoms with Crippen LogP contribution in [0.2, 0.25) is 0 Å². The summed E-state index contributed by atoms with van der Waals surface area (Å²) >= 11 is 0. The maximum atomic E-state index is 13.0. The van der Waals surface area contributed by atoms with Crippen LogP contribution in [0.5, 0.6) is 0 Å². The lowest BCUT2D eigenvalue weighted by molar-refractivity contribution is -0.149. The first-order chi connectivity index (χ1) is 13.7. The average molecular weight is 401 g/mol. The fourth-order valence-electron chi connectivity index (χ4n) is 8.39. The summed E-state index contributed by atoms with van der Waals surface area (Å²) in [4.78, 5) is 24.4. The maximum Gasteiger partial charge on any atom is 0.302 e. The SMILES string of the molecule is CCC(=O)C1C(CC)CC2C3CC=C4CC(OC(C)=O)CCC4(C)C3CCC21C. The fourth-order valence-corrected chi connectivity index (χ4v) is 8.39. The monoisotopic (exact) mass is 400 g/mol. The number of Topliss-reactive ketones (excluding diaryl/α,β-unsaturated/α-hetero) is 1. The molecular formula is C26H40O3. The number of fused-ring (bicyclic) bond motifs is 5. The Bertz CT molecular complexity index is 709. The average Bonchev–Trinajstić information content (AvgIpc) is 2.99. The Labute approximate surface area is 177 Å². The predicted molar refractivity (Wildman–Crippen MR) is 115 cm³/mol. The first kappa shape index (κ1) is 21.1. The molecule has 0 saturated heterocycles. The molecule has 3 nitrogen and oxygen atoms in total. The van der Waals surface area contributed by atoms with Gasteiger partial charge in [0.15, 0.2) is 0 Å². The third-order valence-electron chi connectivity index (χ3n) is 9.79. The molecule has 0 bridgehead atoms. The van der Waals surface area contributed by atoms with E-state index in [1.54, 1.807) is 5.57 Å². The Kier molecular flexibility index (Phi) is 5.49. The Morgan fingerprint density at radius 1 is 1.14 bits per heavy atom. The number of ketones is 1. The van der Waals surface area contributed by atoms with E-state index in [0.29, 0.717) is 24.0 Å². The smallest absolute Gasteiger partial charge is 0.302 e. The van der Waals surface area contributed by atoms with E-state index in [9.17, 15) is 9.59 Å². The second-order valence-electron chi connectivity index (χ2n) is 11.0. The van der Waals surface area contributed by atoms with Crippen LogP contribution in [0.1, 0.15) is 92.4 Å². The van der Waals surface area contributed by atoms with Crippen LogP contribution in [-0.4, -0.2) is 17.9 Å². The van der Waals surface area contributed by atoms with Gasteiger partial charge in [-0.2, -0.15) is 0 Å². The van der Waals surface area contributed by atoms with Gasteiger partial charge in [0.25, 0.3) is 0 Å². The van der Waals surface area contributed by atoms with Gasteiger partial charge in [-0.25, -0.2) is 0 Å². The van der Waals surface area contributed by atoms with E-state index in [4.69, 9.17) is 4.74 Å². The second kappa shape index (κ2) is 7.54. The standard InChI is InChI=1S/C26H40O3/c1-6-17-14-22-20-9-8-18-15-19(29-16(3)27)10-12-25(18,4)21(20)11-13-26(22,5)24(17)23(28)7-2/h8,17,19-22,24H,6-7,9-15H2,1-5H3. The largest absolute Gasteiger partial charge is 0.462 e. The number of carbonyl (C=O) groups excluding carboxylic acids is 2. The summed E-state index contributed by atoms with van der Waals surface area (Å²) < 4.78 is 5.57. The van der Waals surface area contributed by atoms with Gasteiger partial charge in [-0.1, -0.05) is 45.8 Å². The molecule has 0 heterocycles. The highest BCUT2D eigenvalue weighted by Crippen LogP contribution is 2.67. The van der Waals surface area contributed by atoms with E-state index < -0.39 is 0 Å². The molecule has 0 aromatic heterocycles. The molecule has 4 aliphatic carbocycles. The lowest BCUT2D eigenvalue weighted by Gasteiger charge is -2.58. The lowest BCUT2D eigenvalue weighted by Crippen LogP contribution is -2.51. The minimum atomic E-state index is -0.149. The molecule has 8 unspecified atom stereocenters. The van der Waals surface area contributed by atoms with Crippen LogP contribution in [-0.2, 0) is 14.3 Å². The molecule has 3 fully saturated rings. The molecular weight excluding hydrogens is 360 g/mol. The summed E-state index contributed by atoms with van der Waals surface area (Å²) in [6.45, 7) is 10.8. The Morgan fingerprint density at radius 2 is 1.90 bits per heavy atom. The van der Waals surface area contributed by atoms with Crippen LogP contribution in [0.25, 0.3) is 0 Å². The van der Waals surface area contributed by atoms with Gasteiger partial charge in [0.1, 0.15) is 11.9 Å². The molecule has 0 spiro atoms. The first-order valence-electron chi connectivity index (χ1n) is 12.1. The van der Waals surface area contributed by atoms with Crippen LogP contribution >= 0.6 is 0 Å². The molecule has 29 heavy (non-hydrogen) atoms. The summed E-state index contributed by atoms with van der Waals surface area (Å²) in [5.74, 6) is 3.36. The van der Waals surface area contributed by atoms with Crippen molar-refractivity contribution in [1.82, 2.24) is 0 Å². The van der Waals surface area contributed by atoms with Crippen LogP contribution in [0, 0.1) is 40.4 Å². The Balaban J connectivity index is 1.61. The first-order valence-corrected chi connectivity index (χ1v) is 12.1. The van der Waals surface area contributed by atoms with E-state index in [-0.39, 0.29) is 28.8 Å². The minimum absolute atomic E-state index is 0.0692. The zero-order valence-corrected chi connectivity index (χ0v) is 19.1. The number of ether oxygens (including phenoxy) is 1. The van der Waals surface area contributed by atoms with Crippen molar-refractivity contribution in [3.05, 3.63) is 11.6 Å². The molecule has 0 aliphatic heterocycles. The summed E-state index contributed by atoms with van der Waals surface area (Å²) in [6, 6.07) is 0. The molecule has 0 amide bonds. The van der Waals surface area contributed by atoms with E-state index in [1.165, 1.54) is 26.2 Å². The zero-order chi connectivity index (χ0) is 21.0. The topological polar surface area (TPSA) is 43.4 Å². The van der Waals surface area contributed by atoms with Crippen molar-refractivity contribution in [2.75, 3.05) is 0 Å². The minimum Gasteiger partial charge on any atom is -0.462 e. The summed E-state index contributed by atoms with van der Waals surface area (Å²) in [7, 11) is 0. The highest BCUT2D eigenvalue weighted by molar-refractivity contribution is 5.82. The Morgan fingerprint density at radius 3 is 2.55 bits per heavy atom. The number of carbonyl (C=O) groups is 2. The zero-order valence-electron chi connectivity index (χ0n) is 19.1. The third-order valence-corrected chi connectivity index (χ3v) is 9.79.